The SMILES string of the molecule is [2H]C([2H])([2H])N(C)C(=O)N[C@]1([2H])C([2H])([2H])C([2H])([2H])[C@@]([2H])(C([2H])([2H])CN2C([2H])([2H])C([2H])([2H])N(c3cccc(C)c3Cl)C([2H])([2H])C2([2H])[2H])C([2H])([2H])C1([2H])[2H]. The number of aryl methyl sites for hydroxylation is 1. The lowest BCUT2D eigenvalue weighted by molar-refractivity contribution is 0.194. The molecule has 5 nitrogen and oxygen atoms in total. The zero-order valence-corrected chi connectivity index (χ0v) is 15.8. The first-order chi connectivity index (χ1) is 22.2. The van der Waals surface area contributed by atoms with Gasteiger partial charge in [0.2, 0.25) is 0 Å². The number of nitrogens with one attached hydrogen (secondary N) is 1. The molecule has 28 heavy (non-hydrogen) atoms. The van der Waals surface area contributed by atoms with Crippen LogP contribution in [0.2, 0.25) is 5.02 Å². The molecule has 1 aliphatic heterocycles. The van der Waals surface area contributed by atoms with Crippen molar-refractivity contribution < 1.29 is 36.3 Å². The van der Waals surface area contributed by atoms with E-state index in [1.165, 1.54) is 24.4 Å². The molecule has 0 atom stereocenters. The van der Waals surface area contributed by atoms with Crippen molar-refractivity contribution in [2.75, 3.05) is 51.5 Å². The van der Waals surface area contributed by atoms with Crippen LogP contribution in [0.4, 0.5) is 10.5 Å². The summed E-state index contributed by atoms with van der Waals surface area (Å²) in [5.74, 6) is -4.51. The lowest BCUT2D eigenvalue weighted by atomic mass is 9.84. The number of amides is 2. The molecule has 1 saturated heterocycles. The second-order valence-corrected chi connectivity index (χ2v) is 6.07. The predicted octanol–water partition coefficient (Wildman–Crippen LogP) is 3.99. The van der Waals surface area contributed by atoms with Crippen molar-refractivity contribution in [3.05, 3.63) is 28.8 Å². The Morgan fingerprint density at radius 1 is 1.36 bits per heavy atom. The molecule has 2 aliphatic rings. The molecule has 2 amide bonds. The third kappa shape index (κ3) is 5.54. The fourth-order valence-electron chi connectivity index (χ4n) is 2.09. The number of halogens is 1. The Bertz CT molecular complexity index is 1510. The first kappa shape index (κ1) is 6.52. The van der Waals surface area contributed by atoms with Gasteiger partial charge in [0, 0.05) is 70.7 Å². The van der Waals surface area contributed by atoms with Crippen LogP contribution in [0, 0.1) is 12.8 Å². The summed E-state index contributed by atoms with van der Waals surface area (Å²) >= 11 is 6.30. The van der Waals surface area contributed by atoms with Crippen molar-refractivity contribution in [2.45, 2.75) is 44.8 Å². The highest BCUT2D eigenvalue weighted by Gasteiger charge is 2.24. The molecule has 0 bridgehead atoms. The van der Waals surface area contributed by atoms with Crippen molar-refractivity contribution >= 4 is 23.3 Å². The average molecular weight is 430 g/mol. The van der Waals surface area contributed by atoms with E-state index in [0.29, 0.717) is 7.05 Å². The molecule has 156 valence electrons. The normalized spacial score (nSPS) is 56.2. The van der Waals surface area contributed by atoms with Gasteiger partial charge in [0.25, 0.3) is 0 Å². The Morgan fingerprint density at radius 3 is 2.75 bits per heavy atom. The molecule has 2 fully saturated rings. The minimum atomic E-state index is -4.51. The summed E-state index contributed by atoms with van der Waals surface area (Å²) in [6.07, 6.45) is -21.9. The van der Waals surface area contributed by atoms with E-state index in [9.17, 15) is 4.79 Å². The summed E-state index contributed by atoms with van der Waals surface area (Å²) in [5, 5.41) is 1.04. The van der Waals surface area contributed by atoms with Crippen LogP contribution in [-0.2, 0) is 0 Å². The molecule has 0 spiro atoms. The summed E-state index contributed by atoms with van der Waals surface area (Å²) < 4.78 is 196. The van der Waals surface area contributed by atoms with Gasteiger partial charge in [-0.15, -0.1) is 0 Å². The number of rotatable bonds is 5. The van der Waals surface area contributed by atoms with Gasteiger partial charge in [-0.1, -0.05) is 23.7 Å². The molecule has 1 heterocycles. The Labute approximate surface area is 207 Å². The van der Waals surface area contributed by atoms with Gasteiger partial charge in [-0.05, 0) is 62.9 Å². The second-order valence-electron chi connectivity index (χ2n) is 5.69. The minimum Gasteiger partial charge on any atom is -0.368 e. The molecule has 3 rings (SSSR count). The van der Waals surface area contributed by atoms with E-state index < -0.39 is 99.9 Å². The number of piperazine rings is 1. The zero-order valence-electron chi connectivity index (χ0n) is 38.1. The van der Waals surface area contributed by atoms with Crippen molar-refractivity contribution in [2.24, 2.45) is 5.89 Å². The van der Waals surface area contributed by atoms with Crippen LogP contribution in [0.25, 0.3) is 0 Å². The maximum Gasteiger partial charge on any atom is 0.317 e. The maximum atomic E-state index is 12.8. The molecule has 6 heteroatoms. The van der Waals surface area contributed by atoms with Gasteiger partial charge >= 0.3 is 6.03 Å². The molecule has 0 radical (unpaired) electrons. The lowest BCUT2D eigenvalue weighted by Crippen LogP contribution is -2.47. The molecular formula is C22H35ClN4O. The van der Waals surface area contributed by atoms with E-state index in [-0.39, 0.29) is 20.4 Å². The van der Waals surface area contributed by atoms with E-state index in [0.717, 1.165) is 6.07 Å². The highest BCUT2D eigenvalue weighted by atomic mass is 35.5. The molecule has 0 aromatic heterocycles. The van der Waals surface area contributed by atoms with E-state index in [1.807, 2.05) is 0 Å². The van der Waals surface area contributed by atoms with Crippen molar-refractivity contribution in [3.63, 3.8) is 0 Å². The summed E-state index contributed by atoms with van der Waals surface area (Å²) in [7, 11) is 0.613. The van der Waals surface area contributed by atoms with Gasteiger partial charge in [0.1, 0.15) is 0 Å². The smallest absolute Gasteiger partial charge is 0.317 e. The number of anilines is 1. The van der Waals surface area contributed by atoms with Crippen LogP contribution >= 0.6 is 11.6 Å². The van der Waals surface area contributed by atoms with Gasteiger partial charge in [-0.2, -0.15) is 0 Å². The molecular weight excluding hydrogens is 372 g/mol. The number of urea groups is 1. The summed E-state index contributed by atoms with van der Waals surface area (Å²) in [5.41, 5.74) is -0.285. The molecule has 0 unspecified atom stereocenters. The van der Waals surface area contributed by atoms with Crippen LogP contribution in [-0.4, -0.2) is 68.4 Å². The largest absolute Gasteiger partial charge is 0.368 e. The number of nitrogens with zero attached hydrogens (tertiary/aromatic N) is 3. The fraction of sp³-hybridized carbons (Fsp3) is 0.682. The van der Waals surface area contributed by atoms with E-state index >= 15 is 0 Å². The van der Waals surface area contributed by atoms with Gasteiger partial charge < -0.3 is 15.1 Å². The zero-order chi connectivity index (χ0) is 40.6. The van der Waals surface area contributed by atoms with Gasteiger partial charge in [-0.3, -0.25) is 4.90 Å². The Morgan fingerprint density at radius 2 is 2.07 bits per heavy atom. The molecule has 1 aromatic carbocycles. The number of hydrogen-bond donors (Lipinski definition) is 1. The second kappa shape index (κ2) is 9.84. The van der Waals surface area contributed by atoms with Crippen LogP contribution < -0.4 is 10.2 Å². The third-order valence-corrected chi connectivity index (χ3v) is 4.07. The summed E-state index contributed by atoms with van der Waals surface area (Å²) in [6.45, 7) is -19.1. The average Bonchev–Trinajstić information content (AvgIpc) is 2.94. The van der Waals surface area contributed by atoms with E-state index in [4.69, 9.17) is 43.1 Å². The summed E-state index contributed by atoms with van der Waals surface area (Å²) in [6, 6.07) is -2.30. The predicted molar refractivity (Wildman–Crippen MR) is 117 cm³/mol. The van der Waals surface area contributed by atoms with Gasteiger partial charge in [0.15, 0.2) is 0 Å². The molecule has 1 aromatic rings. The van der Waals surface area contributed by atoms with E-state index in [2.05, 4.69) is 0 Å². The Hall–Kier alpha value is -1.46. The molecule has 1 aliphatic carbocycles. The van der Waals surface area contributed by atoms with Gasteiger partial charge in [-0.25, -0.2) is 4.79 Å². The number of hydrogen-bond acceptors (Lipinski definition) is 3. The maximum absolute atomic E-state index is 12.8. The highest BCUT2D eigenvalue weighted by Crippen LogP contribution is 2.30. The molecule has 1 N–H and O–H groups in total. The Kier molecular flexibility index (Phi) is 2.29. The van der Waals surface area contributed by atoms with Crippen LogP contribution in [0.5, 0.6) is 0 Å². The van der Waals surface area contributed by atoms with Gasteiger partial charge in [0.05, 0.1) is 17.6 Å². The summed E-state index contributed by atoms with van der Waals surface area (Å²) in [4.78, 5) is 12.3. The highest BCUT2D eigenvalue weighted by molar-refractivity contribution is 6.34. The van der Waals surface area contributed by atoms with Crippen LogP contribution in [0.3, 0.4) is 0 Å². The first-order valence-electron chi connectivity index (χ1n) is 19.6. The quantitative estimate of drug-likeness (QED) is 0.768. The van der Waals surface area contributed by atoms with Crippen molar-refractivity contribution in [1.82, 2.24) is 15.1 Å². The van der Waals surface area contributed by atoms with E-state index in [1.54, 1.807) is 0 Å². The Balaban J connectivity index is 2.29. The molecule has 1 saturated carbocycles. The van der Waals surface area contributed by atoms with Crippen molar-refractivity contribution in [1.29, 1.82) is 0 Å². The number of carbonyl (C=O) groups is 1. The minimum absolute atomic E-state index is 0.0433. The van der Waals surface area contributed by atoms with Crippen LogP contribution in [0.1, 0.15) is 69.0 Å². The van der Waals surface area contributed by atoms with Crippen molar-refractivity contribution in [3.8, 4) is 0 Å². The monoisotopic (exact) mass is 429 g/mol. The van der Waals surface area contributed by atoms with Crippen LogP contribution in [0.15, 0.2) is 18.2 Å². The number of benzene rings is 1. The fourth-order valence-corrected chi connectivity index (χ4v) is 2.30. The lowest BCUT2D eigenvalue weighted by Gasteiger charge is -2.37. The topological polar surface area (TPSA) is 38.8 Å². The number of carbonyl (C=O) groups excluding carboxylic acids is 1. The standard InChI is InChI=1S/C22H35ClN4O/c1-17-5-4-6-20(21(17)23)27-15-13-26(14-16-27)12-11-18-7-9-19(10-8-18)24-22(28)25(2)3/h4-6,18-19H,7-16H2,1-3H3,(H,24,28)/t18-,19-/i2D3,7D2,8D2,9D2,10D2,11D2,13D2,14D2,15D2,16D2,18D,19D. The third-order valence-electron chi connectivity index (χ3n) is 3.58. The first-order valence-corrected chi connectivity index (χ1v) is 8.45.